The normalized spacial score (nSPS) is 11.9. The predicted octanol–water partition coefficient (Wildman–Crippen LogP) is 2.50. The monoisotopic (exact) mass is 206 g/mol. The van der Waals surface area contributed by atoms with E-state index in [0.717, 1.165) is 0 Å². The van der Waals surface area contributed by atoms with Crippen LogP contribution < -0.4 is 4.74 Å². The lowest BCUT2D eigenvalue weighted by Crippen LogP contribution is -1.99. The number of methoxy groups -OCH3 is 1. The number of aromatic hydroxyl groups is 1. The molecule has 0 amide bonds. The standard InChI is InChI=1S/C12H14O3/c1-4-8(2)11-10(14)6-5-9(7-13)12(11)15-3/h4-8,14H,1H2,2-3H3. The maximum Gasteiger partial charge on any atom is 0.153 e. The molecule has 1 aromatic carbocycles. The van der Waals surface area contributed by atoms with Gasteiger partial charge in [-0.25, -0.2) is 0 Å². The molecule has 0 saturated heterocycles. The number of aldehydes is 1. The van der Waals surface area contributed by atoms with E-state index in [1.165, 1.54) is 19.2 Å². The molecule has 3 nitrogen and oxygen atoms in total. The second-order valence-electron chi connectivity index (χ2n) is 3.26. The van der Waals surface area contributed by atoms with Crippen molar-refractivity contribution in [1.29, 1.82) is 0 Å². The molecule has 3 heteroatoms. The Morgan fingerprint density at radius 2 is 2.20 bits per heavy atom. The molecule has 1 rings (SSSR count). The Morgan fingerprint density at radius 1 is 1.53 bits per heavy atom. The molecular weight excluding hydrogens is 192 g/mol. The molecule has 1 aromatic rings. The van der Waals surface area contributed by atoms with Crippen molar-refractivity contribution in [3.8, 4) is 11.5 Å². The number of carbonyl (C=O) groups excluding carboxylic acids is 1. The number of ether oxygens (including phenoxy) is 1. The number of phenols is 1. The maximum absolute atomic E-state index is 10.8. The third kappa shape index (κ3) is 2.01. The Labute approximate surface area is 89.0 Å². The quantitative estimate of drug-likeness (QED) is 0.608. The molecule has 0 aliphatic heterocycles. The first-order chi connectivity index (χ1) is 7.15. The summed E-state index contributed by atoms with van der Waals surface area (Å²) in [7, 11) is 1.47. The Morgan fingerprint density at radius 3 is 2.67 bits per heavy atom. The minimum Gasteiger partial charge on any atom is -0.508 e. The maximum atomic E-state index is 10.8. The van der Waals surface area contributed by atoms with Crippen molar-refractivity contribution in [1.82, 2.24) is 0 Å². The van der Waals surface area contributed by atoms with E-state index in [2.05, 4.69) is 6.58 Å². The fourth-order valence-electron chi connectivity index (χ4n) is 1.48. The van der Waals surface area contributed by atoms with E-state index < -0.39 is 0 Å². The van der Waals surface area contributed by atoms with Crippen molar-refractivity contribution >= 4 is 6.29 Å². The number of hydrogen-bond donors (Lipinski definition) is 1. The Hall–Kier alpha value is -1.77. The number of allylic oxidation sites excluding steroid dienone is 1. The molecule has 1 atom stereocenters. The van der Waals surface area contributed by atoms with Gasteiger partial charge in [0.2, 0.25) is 0 Å². The van der Waals surface area contributed by atoms with E-state index in [1.54, 1.807) is 6.08 Å². The van der Waals surface area contributed by atoms with E-state index in [1.807, 2.05) is 6.92 Å². The number of rotatable bonds is 4. The van der Waals surface area contributed by atoms with Crippen LogP contribution in [0.3, 0.4) is 0 Å². The molecule has 1 N–H and O–H groups in total. The van der Waals surface area contributed by atoms with Gasteiger partial charge in [0, 0.05) is 11.5 Å². The van der Waals surface area contributed by atoms with Crippen molar-refractivity contribution in [3.63, 3.8) is 0 Å². The van der Waals surface area contributed by atoms with E-state index >= 15 is 0 Å². The third-order valence-corrected chi connectivity index (χ3v) is 2.34. The van der Waals surface area contributed by atoms with Crippen LogP contribution >= 0.6 is 0 Å². The average molecular weight is 206 g/mol. The Bertz CT molecular complexity index is 383. The summed E-state index contributed by atoms with van der Waals surface area (Å²) < 4.78 is 5.13. The highest BCUT2D eigenvalue weighted by Crippen LogP contribution is 2.36. The van der Waals surface area contributed by atoms with Crippen molar-refractivity contribution in [2.24, 2.45) is 0 Å². The smallest absolute Gasteiger partial charge is 0.153 e. The van der Waals surface area contributed by atoms with Gasteiger partial charge in [-0.2, -0.15) is 0 Å². The van der Waals surface area contributed by atoms with Gasteiger partial charge in [-0.05, 0) is 12.1 Å². The van der Waals surface area contributed by atoms with Gasteiger partial charge in [0.15, 0.2) is 6.29 Å². The number of carbonyl (C=O) groups is 1. The lowest BCUT2D eigenvalue weighted by molar-refractivity contribution is 0.112. The molecule has 0 aliphatic carbocycles. The molecule has 0 aromatic heterocycles. The minimum atomic E-state index is -0.0696. The van der Waals surface area contributed by atoms with Crippen LogP contribution in [-0.4, -0.2) is 18.5 Å². The molecule has 0 bridgehead atoms. The van der Waals surface area contributed by atoms with Crippen molar-refractivity contribution in [2.45, 2.75) is 12.8 Å². The number of benzene rings is 1. The fraction of sp³-hybridized carbons (Fsp3) is 0.250. The average Bonchev–Trinajstić information content (AvgIpc) is 2.27. The zero-order chi connectivity index (χ0) is 11.4. The topological polar surface area (TPSA) is 46.5 Å². The van der Waals surface area contributed by atoms with Crippen LogP contribution in [0, 0.1) is 0 Å². The lowest BCUT2D eigenvalue weighted by Gasteiger charge is -2.15. The lowest BCUT2D eigenvalue weighted by atomic mass is 9.96. The second kappa shape index (κ2) is 4.64. The van der Waals surface area contributed by atoms with Gasteiger partial charge in [-0.3, -0.25) is 4.79 Å². The van der Waals surface area contributed by atoms with Gasteiger partial charge in [0.05, 0.1) is 12.7 Å². The zero-order valence-corrected chi connectivity index (χ0v) is 8.86. The molecule has 0 heterocycles. The van der Waals surface area contributed by atoms with Crippen molar-refractivity contribution < 1.29 is 14.6 Å². The summed E-state index contributed by atoms with van der Waals surface area (Å²) in [6, 6.07) is 3.02. The van der Waals surface area contributed by atoms with Crippen LogP contribution in [0.1, 0.15) is 28.8 Å². The summed E-state index contributed by atoms with van der Waals surface area (Å²) in [4.78, 5) is 10.8. The van der Waals surface area contributed by atoms with E-state index in [0.29, 0.717) is 23.2 Å². The molecule has 80 valence electrons. The van der Waals surface area contributed by atoms with Crippen LogP contribution in [0.15, 0.2) is 24.8 Å². The molecule has 0 aliphatic rings. The van der Waals surface area contributed by atoms with E-state index in [9.17, 15) is 9.90 Å². The summed E-state index contributed by atoms with van der Waals surface area (Å²) in [5.41, 5.74) is 1.02. The van der Waals surface area contributed by atoms with Gasteiger partial charge >= 0.3 is 0 Å². The van der Waals surface area contributed by atoms with Gasteiger partial charge < -0.3 is 9.84 Å². The van der Waals surface area contributed by atoms with Crippen LogP contribution in [0.2, 0.25) is 0 Å². The van der Waals surface area contributed by atoms with Gasteiger partial charge in [0.25, 0.3) is 0 Å². The molecule has 0 radical (unpaired) electrons. The SMILES string of the molecule is C=CC(C)c1c(O)ccc(C=O)c1OC. The molecule has 0 fully saturated rings. The molecule has 1 unspecified atom stereocenters. The van der Waals surface area contributed by atoms with Crippen LogP contribution in [-0.2, 0) is 0 Å². The predicted molar refractivity (Wildman–Crippen MR) is 58.7 cm³/mol. The van der Waals surface area contributed by atoms with Gasteiger partial charge in [-0.1, -0.05) is 13.0 Å². The number of hydrogen-bond acceptors (Lipinski definition) is 3. The summed E-state index contributed by atoms with van der Waals surface area (Å²) in [6.45, 7) is 5.53. The van der Waals surface area contributed by atoms with Crippen LogP contribution in [0.5, 0.6) is 11.5 Å². The summed E-state index contributed by atoms with van der Waals surface area (Å²) >= 11 is 0. The van der Waals surface area contributed by atoms with E-state index in [4.69, 9.17) is 4.74 Å². The summed E-state index contributed by atoms with van der Waals surface area (Å²) in [5.74, 6) is 0.460. The molecule has 0 spiro atoms. The Balaban J connectivity index is 3.44. The highest BCUT2D eigenvalue weighted by Gasteiger charge is 2.17. The van der Waals surface area contributed by atoms with Crippen LogP contribution in [0.25, 0.3) is 0 Å². The highest BCUT2D eigenvalue weighted by molar-refractivity contribution is 5.81. The zero-order valence-electron chi connectivity index (χ0n) is 8.86. The fourth-order valence-corrected chi connectivity index (χ4v) is 1.48. The summed E-state index contributed by atoms with van der Waals surface area (Å²) in [5, 5.41) is 9.70. The second-order valence-corrected chi connectivity index (χ2v) is 3.26. The number of phenolic OH excluding ortho intramolecular Hbond substituents is 1. The third-order valence-electron chi connectivity index (χ3n) is 2.34. The first kappa shape index (κ1) is 11.3. The molecular formula is C12H14O3. The van der Waals surface area contributed by atoms with Crippen LogP contribution in [0.4, 0.5) is 0 Å². The largest absolute Gasteiger partial charge is 0.508 e. The van der Waals surface area contributed by atoms with Crippen molar-refractivity contribution in [3.05, 3.63) is 35.9 Å². The van der Waals surface area contributed by atoms with Gasteiger partial charge in [-0.15, -0.1) is 6.58 Å². The van der Waals surface area contributed by atoms with Gasteiger partial charge in [0.1, 0.15) is 11.5 Å². The van der Waals surface area contributed by atoms with E-state index in [-0.39, 0.29) is 11.7 Å². The first-order valence-corrected chi connectivity index (χ1v) is 4.63. The minimum absolute atomic E-state index is 0.0696. The molecule has 15 heavy (non-hydrogen) atoms. The molecule has 0 saturated carbocycles. The highest BCUT2D eigenvalue weighted by atomic mass is 16.5. The van der Waals surface area contributed by atoms with Crippen molar-refractivity contribution in [2.75, 3.05) is 7.11 Å². The first-order valence-electron chi connectivity index (χ1n) is 4.63. The Kier molecular flexibility index (Phi) is 3.50. The summed E-state index contributed by atoms with van der Waals surface area (Å²) in [6.07, 6.45) is 2.39.